The summed E-state index contributed by atoms with van der Waals surface area (Å²) in [5, 5.41) is 18.1. The monoisotopic (exact) mass is 275 g/mol. The van der Waals surface area contributed by atoms with Crippen molar-refractivity contribution in [2.45, 2.75) is 19.4 Å². The molecule has 1 heterocycles. The fourth-order valence-electron chi connectivity index (χ4n) is 1.86. The van der Waals surface area contributed by atoms with E-state index in [2.05, 4.69) is 15.4 Å². The zero-order chi connectivity index (χ0) is 14.5. The third kappa shape index (κ3) is 3.61. The zero-order valence-corrected chi connectivity index (χ0v) is 11.5. The first-order valence-electron chi connectivity index (χ1n) is 6.38. The predicted molar refractivity (Wildman–Crippen MR) is 74.2 cm³/mol. The van der Waals surface area contributed by atoms with Gasteiger partial charge in [-0.25, -0.2) is 4.98 Å². The van der Waals surface area contributed by atoms with Gasteiger partial charge in [-0.1, -0.05) is 12.1 Å². The lowest BCUT2D eigenvalue weighted by Gasteiger charge is -2.10. The topological polar surface area (TPSA) is 85.9 Å². The Morgan fingerprint density at radius 2 is 2.10 bits per heavy atom. The van der Waals surface area contributed by atoms with Crippen LogP contribution in [0.4, 0.5) is 5.69 Å². The van der Waals surface area contributed by atoms with Crippen LogP contribution in [0, 0.1) is 10.1 Å². The highest BCUT2D eigenvalue weighted by molar-refractivity contribution is 5.32. The van der Waals surface area contributed by atoms with Crippen molar-refractivity contribution in [1.82, 2.24) is 20.1 Å². The highest BCUT2D eigenvalue weighted by atomic mass is 16.6. The minimum Gasteiger partial charge on any atom is -0.307 e. The number of nitro groups is 1. The van der Waals surface area contributed by atoms with Gasteiger partial charge in [-0.3, -0.25) is 14.8 Å². The average molecular weight is 275 g/mol. The van der Waals surface area contributed by atoms with Crippen LogP contribution in [0.5, 0.6) is 0 Å². The van der Waals surface area contributed by atoms with Crippen molar-refractivity contribution >= 4 is 5.69 Å². The number of aromatic nitrogens is 3. The largest absolute Gasteiger partial charge is 0.307 e. The van der Waals surface area contributed by atoms with Crippen molar-refractivity contribution in [2.24, 2.45) is 7.05 Å². The molecule has 1 aromatic heterocycles. The van der Waals surface area contributed by atoms with Gasteiger partial charge in [-0.2, -0.15) is 5.10 Å². The molecule has 1 N–H and O–H groups in total. The van der Waals surface area contributed by atoms with Crippen LogP contribution in [0.3, 0.4) is 0 Å². The van der Waals surface area contributed by atoms with Crippen LogP contribution in [0.25, 0.3) is 0 Å². The summed E-state index contributed by atoms with van der Waals surface area (Å²) in [6, 6.07) is 6.69. The molecular weight excluding hydrogens is 258 g/mol. The molecule has 0 aliphatic heterocycles. The van der Waals surface area contributed by atoms with Gasteiger partial charge in [-0.05, 0) is 25.5 Å². The molecule has 0 amide bonds. The fourth-order valence-corrected chi connectivity index (χ4v) is 1.86. The van der Waals surface area contributed by atoms with Gasteiger partial charge in [0.15, 0.2) is 5.82 Å². The van der Waals surface area contributed by atoms with E-state index >= 15 is 0 Å². The van der Waals surface area contributed by atoms with E-state index in [1.165, 1.54) is 12.1 Å². The first-order valence-corrected chi connectivity index (χ1v) is 6.38. The zero-order valence-electron chi connectivity index (χ0n) is 11.5. The van der Waals surface area contributed by atoms with Crippen molar-refractivity contribution in [3.8, 4) is 0 Å². The van der Waals surface area contributed by atoms with E-state index in [-0.39, 0.29) is 11.7 Å². The molecule has 7 nitrogen and oxygen atoms in total. The van der Waals surface area contributed by atoms with Gasteiger partial charge in [0.1, 0.15) is 6.33 Å². The Morgan fingerprint density at radius 3 is 2.65 bits per heavy atom. The number of aryl methyl sites for hydroxylation is 1. The molecule has 20 heavy (non-hydrogen) atoms. The summed E-state index contributed by atoms with van der Waals surface area (Å²) in [7, 11) is 1.83. The number of nitro benzene ring substituents is 1. The number of nitrogens with zero attached hydrogens (tertiary/aromatic N) is 4. The average Bonchev–Trinajstić information content (AvgIpc) is 2.86. The van der Waals surface area contributed by atoms with Crippen molar-refractivity contribution in [3.63, 3.8) is 0 Å². The summed E-state index contributed by atoms with van der Waals surface area (Å²) in [4.78, 5) is 14.3. The van der Waals surface area contributed by atoms with Gasteiger partial charge in [-0.15, -0.1) is 0 Å². The third-order valence-electron chi connectivity index (χ3n) is 3.02. The molecule has 0 radical (unpaired) electrons. The maximum atomic E-state index is 10.6. The molecular formula is C13H17N5O2. The Labute approximate surface area is 116 Å². The number of nitrogens with one attached hydrogen (secondary N) is 1. The summed E-state index contributed by atoms with van der Waals surface area (Å²) < 4.78 is 1.67. The highest BCUT2D eigenvalue weighted by Crippen LogP contribution is 2.12. The molecule has 1 aromatic carbocycles. The van der Waals surface area contributed by atoms with Gasteiger partial charge in [0.05, 0.1) is 11.0 Å². The van der Waals surface area contributed by atoms with Gasteiger partial charge in [0.25, 0.3) is 5.69 Å². The number of non-ortho nitro benzene ring substituents is 1. The molecule has 1 atom stereocenters. The third-order valence-corrected chi connectivity index (χ3v) is 3.02. The van der Waals surface area contributed by atoms with Crippen molar-refractivity contribution in [2.75, 3.05) is 6.54 Å². The summed E-state index contributed by atoms with van der Waals surface area (Å²) in [5.41, 5.74) is 1.18. The number of benzene rings is 1. The summed E-state index contributed by atoms with van der Waals surface area (Å²) >= 11 is 0. The minimum atomic E-state index is -0.392. The quantitative estimate of drug-likeness (QED) is 0.639. The second-order valence-corrected chi connectivity index (χ2v) is 4.63. The number of hydrogen-bond acceptors (Lipinski definition) is 5. The first kappa shape index (κ1) is 14.1. The van der Waals surface area contributed by atoms with Gasteiger partial charge in [0, 0.05) is 19.2 Å². The van der Waals surface area contributed by atoms with E-state index in [4.69, 9.17) is 0 Å². The lowest BCUT2D eigenvalue weighted by atomic mass is 10.1. The smallest absolute Gasteiger partial charge is 0.269 e. The predicted octanol–water partition coefficient (Wildman–Crippen LogP) is 1.62. The minimum absolute atomic E-state index is 0.0780. The Hall–Kier alpha value is -2.28. The number of rotatable bonds is 6. The van der Waals surface area contributed by atoms with E-state index in [1.54, 1.807) is 23.1 Å². The van der Waals surface area contributed by atoms with Gasteiger partial charge < -0.3 is 5.32 Å². The SMILES string of the molecule is CC(NCCc1ccc([N+](=O)[O-])cc1)c1ncn(C)n1. The summed E-state index contributed by atoms with van der Waals surface area (Å²) in [5.74, 6) is 0.760. The lowest BCUT2D eigenvalue weighted by Crippen LogP contribution is -2.22. The Kier molecular flexibility index (Phi) is 4.41. The fraction of sp³-hybridized carbons (Fsp3) is 0.385. The normalized spacial score (nSPS) is 12.3. The number of hydrogen-bond donors (Lipinski definition) is 1. The van der Waals surface area contributed by atoms with Gasteiger partial charge in [0.2, 0.25) is 0 Å². The molecule has 0 spiro atoms. The van der Waals surface area contributed by atoms with Crippen molar-refractivity contribution in [3.05, 3.63) is 52.1 Å². The molecule has 0 aliphatic carbocycles. The molecule has 0 saturated carbocycles. The Bertz CT molecular complexity index is 579. The second kappa shape index (κ2) is 6.25. The molecule has 0 saturated heterocycles. The van der Waals surface area contributed by atoms with E-state index in [0.717, 1.165) is 24.4 Å². The Morgan fingerprint density at radius 1 is 1.40 bits per heavy atom. The van der Waals surface area contributed by atoms with E-state index < -0.39 is 4.92 Å². The maximum absolute atomic E-state index is 10.6. The van der Waals surface area contributed by atoms with Crippen LogP contribution < -0.4 is 5.32 Å². The highest BCUT2D eigenvalue weighted by Gasteiger charge is 2.09. The lowest BCUT2D eigenvalue weighted by molar-refractivity contribution is -0.384. The molecule has 1 unspecified atom stereocenters. The Balaban J connectivity index is 1.82. The van der Waals surface area contributed by atoms with Crippen molar-refractivity contribution < 1.29 is 4.92 Å². The molecule has 0 bridgehead atoms. The maximum Gasteiger partial charge on any atom is 0.269 e. The van der Waals surface area contributed by atoms with Crippen LogP contribution in [-0.4, -0.2) is 26.2 Å². The molecule has 7 heteroatoms. The molecule has 2 aromatic rings. The van der Waals surface area contributed by atoms with Crippen LogP contribution in [-0.2, 0) is 13.5 Å². The van der Waals surface area contributed by atoms with Gasteiger partial charge >= 0.3 is 0 Å². The molecule has 2 rings (SSSR count). The van der Waals surface area contributed by atoms with Crippen LogP contribution in [0.1, 0.15) is 24.4 Å². The van der Waals surface area contributed by atoms with Crippen LogP contribution in [0.15, 0.2) is 30.6 Å². The van der Waals surface area contributed by atoms with E-state index in [1.807, 2.05) is 14.0 Å². The van der Waals surface area contributed by atoms with Crippen LogP contribution >= 0.6 is 0 Å². The molecule has 0 aliphatic rings. The molecule has 0 fully saturated rings. The van der Waals surface area contributed by atoms with Crippen molar-refractivity contribution in [1.29, 1.82) is 0 Å². The second-order valence-electron chi connectivity index (χ2n) is 4.63. The summed E-state index contributed by atoms with van der Waals surface area (Å²) in [6.07, 6.45) is 2.47. The summed E-state index contributed by atoms with van der Waals surface area (Å²) in [6.45, 7) is 2.77. The van der Waals surface area contributed by atoms with E-state index in [0.29, 0.717) is 0 Å². The van der Waals surface area contributed by atoms with E-state index in [9.17, 15) is 10.1 Å². The van der Waals surface area contributed by atoms with Crippen LogP contribution in [0.2, 0.25) is 0 Å². The first-order chi connectivity index (χ1) is 9.56. The standard InChI is InChI=1S/C13H17N5O2/c1-10(13-15-9-17(2)16-13)14-8-7-11-3-5-12(6-4-11)18(19)20/h3-6,9-10,14H,7-8H2,1-2H3. The molecule has 106 valence electrons.